The van der Waals surface area contributed by atoms with Crippen molar-refractivity contribution in [2.75, 3.05) is 19.0 Å². The molecular formula is C25H36FNO6S. The van der Waals surface area contributed by atoms with Gasteiger partial charge in [0.15, 0.2) is 0 Å². The summed E-state index contributed by atoms with van der Waals surface area (Å²) in [5, 5.41) is 21.9. The van der Waals surface area contributed by atoms with E-state index in [2.05, 4.69) is 11.8 Å². The molecule has 9 heteroatoms. The van der Waals surface area contributed by atoms with Crippen LogP contribution in [0.1, 0.15) is 81.4 Å². The van der Waals surface area contributed by atoms with Crippen LogP contribution >= 0.6 is 0 Å². The van der Waals surface area contributed by atoms with E-state index in [0.717, 1.165) is 32.1 Å². The van der Waals surface area contributed by atoms with Crippen LogP contribution in [-0.4, -0.2) is 54.3 Å². The molecule has 1 aromatic carbocycles. The van der Waals surface area contributed by atoms with Crippen molar-refractivity contribution >= 4 is 10.1 Å². The highest BCUT2D eigenvalue weighted by molar-refractivity contribution is 7.85. The highest BCUT2D eigenvalue weighted by atomic mass is 32.2. The van der Waals surface area contributed by atoms with Crippen molar-refractivity contribution in [2.24, 2.45) is 11.3 Å². The lowest BCUT2D eigenvalue weighted by Crippen LogP contribution is -2.36. The van der Waals surface area contributed by atoms with Crippen LogP contribution in [0.4, 0.5) is 4.39 Å². The summed E-state index contributed by atoms with van der Waals surface area (Å²) in [4.78, 5) is 3.66. The predicted molar refractivity (Wildman–Crippen MR) is 126 cm³/mol. The second-order valence-corrected chi connectivity index (χ2v) is 11.5. The quantitative estimate of drug-likeness (QED) is 0.226. The monoisotopic (exact) mass is 497 g/mol. The van der Waals surface area contributed by atoms with Gasteiger partial charge in [0, 0.05) is 24.4 Å². The first-order valence-corrected chi connectivity index (χ1v) is 13.8. The maximum atomic E-state index is 14.7. The average Bonchev–Trinajstić information content (AvgIpc) is 3.06. The minimum absolute atomic E-state index is 0.175. The predicted octanol–water partition coefficient (Wildman–Crippen LogP) is 4.27. The topological polar surface area (TPSA) is 108 Å². The van der Waals surface area contributed by atoms with Gasteiger partial charge in [-0.1, -0.05) is 25.8 Å². The van der Waals surface area contributed by atoms with Crippen molar-refractivity contribution in [3.8, 4) is 0 Å². The summed E-state index contributed by atoms with van der Waals surface area (Å²) in [7, 11) is -4.00. The van der Waals surface area contributed by atoms with E-state index in [1.807, 2.05) is 0 Å². The average molecular weight is 498 g/mol. The maximum absolute atomic E-state index is 14.7. The number of aliphatic hydroxyl groups excluding tert-OH is 2. The van der Waals surface area contributed by atoms with Gasteiger partial charge in [-0.25, -0.2) is 11.0 Å². The summed E-state index contributed by atoms with van der Waals surface area (Å²) in [6.07, 6.45) is 4.04. The van der Waals surface area contributed by atoms with E-state index >= 15 is 0 Å². The van der Waals surface area contributed by atoms with Crippen molar-refractivity contribution in [1.29, 1.82) is 0 Å². The van der Waals surface area contributed by atoms with Crippen LogP contribution in [0, 0.1) is 23.7 Å². The molecule has 0 bridgehead atoms. The molecule has 0 saturated heterocycles. The standard InChI is InChI=1S/C25H36FNO6S/c1-3-7-25(8-6-9-25)24(29)18-12-17(13-19(26)14-18)23-20(21(27-2)15-22(23)28)16-33-10-4-5-11-34(30,31)32/h12-14,20-24,28-29H,3-11,15-16H2,1H3,(H,30,31,32)/t20?,21-,22-,23?,24?/m1/s1. The Balaban J connectivity index is 1.74. The lowest BCUT2D eigenvalue weighted by Gasteiger charge is -2.46. The number of hydrogen-bond acceptors (Lipinski definition) is 5. The van der Waals surface area contributed by atoms with Gasteiger partial charge >= 0.3 is 0 Å². The highest BCUT2D eigenvalue weighted by Crippen LogP contribution is 2.54. The van der Waals surface area contributed by atoms with Gasteiger partial charge in [0.2, 0.25) is 6.04 Å². The third-order valence-corrected chi connectivity index (χ3v) is 8.40. The number of benzene rings is 1. The third kappa shape index (κ3) is 6.35. The maximum Gasteiger partial charge on any atom is 0.264 e. The molecule has 3 rings (SSSR count). The van der Waals surface area contributed by atoms with Crippen LogP contribution in [0.15, 0.2) is 18.2 Å². The van der Waals surface area contributed by atoms with Crippen molar-refractivity contribution < 1.29 is 32.3 Å². The zero-order valence-electron chi connectivity index (χ0n) is 19.7. The van der Waals surface area contributed by atoms with Gasteiger partial charge in [0.25, 0.3) is 10.1 Å². The minimum Gasteiger partial charge on any atom is -0.392 e. The van der Waals surface area contributed by atoms with Gasteiger partial charge < -0.3 is 19.8 Å². The number of ether oxygens (including phenoxy) is 1. The van der Waals surface area contributed by atoms with E-state index in [4.69, 9.17) is 15.9 Å². The van der Waals surface area contributed by atoms with E-state index in [-0.39, 0.29) is 43.1 Å². The molecule has 2 aliphatic rings. The number of nitrogens with zero attached hydrogens (tertiary/aromatic N) is 1. The summed E-state index contributed by atoms with van der Waals surface area (Å²) < 4.78 is 50.9. The summed E-state index contributed by atoms with van der Waals surface area (Å²) in [6, 6.07) is 4.05. The highest BCUT2D eigenvalue weighted by Gasteiger charge is 2.48. The third-order valence-electron chi connectivity index (χ3n) is 7.59. The number of hydrogen-bond donors (Lipinski definition) is 3. The molecule has 1 aromatic rings. The first-order valence-electron chi connectivity index (χ1n) is 12.2. The molecule has 2 saturated carbocycles. The number of aliphatic hydroxyl groups is 2. The van der Waals surface area contributed by atoms with Crippen LogP contribution in [0.2, 0.25) is 0 Å². The fourth-order valence-electron chi connectivity index (χ4n) is 5.76. The smallest absolute Gasteiger partial charge is 0.264 e. The molecule has 2 aliphatic carbocycles. The molecule has 0 heterocycles. The van der Waals surface area contributed by atoms with Crippen molar-refractivity contribution in [3.63, 3.8) is 0 Å². The number of rotatable bonds is 12. The molecule has 0 spiro atoms. The Kier molecular flexibility index (Phi) is 9.10. The summed E-state index contributed by atoms with van der Waals surface area (Å²) in [6.45, 7) is 10.1. The summed E-state index contributed by atoms with van der Waals surface area (Å²) >= 11 is 0. The molecule has 0 radical (unpaired) electrons. The summed E-state index contributed by atoms with van der Waals surface area (Å²) in [5.41, 5.74) is 0.864. The first kappa shape index (κ1) is 27.0. The van der Waals surface area contributed by atoms with Gasteiger partial charge in [0.05, 0.1) is 30.5 Å². The van der Waals surface area contributed by atoms with Crippen LogP contribution in [0.25, 0.3) is 4.85 Å². The fraction of sp³-hybridized carbons (Fsp3) is 0.720. The van der Waals surface area contributed by atoms with Crippen molar-refractivity contribution in [1.82, 2.24) is 0 Å². The Hall–Kier alpha value is -1.57. The Bertz CT molecular complexity index is 974. The van der Waals surface area contributed by atoms with Gasteiger partial charge in [-0.05, 0) is 55.4 Å². The molecule has 0 aliphatic heterocycles. The second kappa shape index (κ2) is 11.4. The molecule has 190 valence electrons. The largest absolute Gasteiger partial charge is 0.392 e. The molecule has 7 nitrogen and oxygen atoms in total. The Morgan fingerprint density at radius 2 is 2.03 bits per heavy atom. The van der Waals surface area contributed by atoms with E-state index in [0.29, 0.717) is 17.5 Å². The first-order chi connectivity index (χ1) is 16.1. The number of unbranched alkanes of at least 4 members (excludes halogenated alkanes) is 1. The molecule has 0 amide bonds. The Labute approximate surface area is 201 Å². The van der Waals surface area contributed by atoms with Crippen LogP contribution < -0.4 is 0 Å². The van der Waals surface area contributed by atoms with E-state index < -0.39 is 40.1 Å². The number of halogens is 1. The summed E-state index contributed by atoms with van der Waals surface area (Å²) in [5.74, 6) is -1.66. The van der Waals surface area contributed by atoms with E-state index in [9.17, 15) is 23.0 Å². The van der Waals surface area contributed by atoms with Crippen LogP contribution in [0.5, 0.6) is 0 Å². The molecule has 34 heavy (non-hydrogen) atoms. The van der Waals surface area contributed by atoms with Crippen LogP contribution in [-0.2, 0) is 14.9 Å². The molecule has 0 aromatic heterocycles. The molecular weight excluding hydrogens is 461 g/mol. The normalized spacial score (nSPS) is 27.2. The van der Waals surface area contributed by atoms with Gasteiger partial charge in [-0.2, -0.15) is 8.42 Å². The van der Waals surface area contributed by atoms with Gasteiger partial charge in [0.1, 0.15) is 5.82 Å². The molecule has 5 atom stereocenters. The van der Waals surface area contributed by atoms with Crippen molar-refractivity contribution in [3.05, 3.63) is 46.6 Å². The molecule has 3 unspecified atom stereocenters. The zero-order chi connectivity index (χ0) is 24.9. The zero-order valence-corrected chi connectivity index (χ0v) is 20.5. The van der Waals surface area contributed by atoms with Crippen molar-refractivity contribution in [2.45, 2.75) is 82.5 Å². The lowest BCUT2D eigenvalue weighted by atomic mass is 9.61. The molecule has 3 N–H and O–H groups in total. The SMILES string of the molecule is [C-]#[N+][C@@H]1C[C@@H](O)C(c2cc(F)cc(C(O)C3(CCC)CCC3)c2)C1COCCCCS(=O)(=O)O. The Morgan fingerprint density at radius 1 is 1.29 bits per heavy atom. The van der Waals surface area contributed by atoms with E-state index in [1.165, 1.54) is 12.1 Å². The fourth-order valence-corrected chi connectivity index (χ4v) is 6.33. The second-order valence-electron chi connectivity index (χ2n) is 9.94. The van der Waals surface area contributed by atoms with E-state index in [1.54, 1.807) is 6.07 Å². The van der Waals surface area contributed by atoms with Gasteiger partial charge in [-0.3, -0.25) is 4.55 Å². The molecule has 2 fully saturated rings. The Morgan fingerprint density at radius 3 is 2.62 bits per heavy atom. The van der Waals surface area contributed by atoms with Gasteiger partial charge in [-0.15, -0.1) is 0 Å². The minimum atomic E-state index is -4.00. The van der Waals surface area contributed by atoms with Crippen LogP contribution in [0.3, 0.4) is 0 Å². The lowest BCUT2D eigenvalue weighted by molar-refractivity contribution is -0.0442.